The van der Waals surface area contributed by atoms with Crippen LogP contribution in [0, 0.1) is 0 Å². The first-order valence-corrected chi connectivity index (χ1v) is 9.35. The topological polar surface area (TPSA) is 65.8 Å². The molecule has 3 heterocycles. The number of rotatable bonds is 3. The standard InChI is InChI=1S/C21H25N3O3/c1-21(2,3)15-6-4-14(5-7-15)18-9-8-16(27-18)12-23-10-11-24-17(13-23)19(25)22-20(24)26/h4-9,17H,10-13H2,1-3H3,(H,22,25,26). The van der Waals surface area contributed by atoms with Gasteiger partial charge in [0.15, 0.2) is 0 Å². The summed E-state index contributed by atoms with van der Waals surface area (Å²) in [6, 6.07) is 11.8. The van der Waals surface area contributed by atoms with E-state index in [1.54, 1.807) is 4.90 Å². The Bertz CT molecular complexity index is 864. The lowest BCUT2D eigenvalue weighted by atomic mass is 9.86. The van der Waals surface area contributed by atoms with E-state index in [9.17, 15) is 9.59 Å². The Kier molecular flexibility index (Phi) is 4.30. The minimum Gasteiger partial charge on any atom is -0.460 e. The van der Waals surface area contributed by atoms with Gasteiger partial charge < -0.3 is 9.32 Å². The lowest BCUT2D eigenvalue weighted by Gasteiger charge is -2.34. The number of fused-ring (bicyclic) bond motifs is 1. The van der Waals surface area contributed by atoms with Crippen molar-refractivity contribution in [2.45, 2.75) is 38.8 Å². The highest BCUT2D eigenvalue weighted by Crippen LogP contribution is 2.28. The number of nitrogens with zero attached hydrogens (tertiary/aromatic N) is 2. The molecule has 1 unspecified atom stereocenters. The van der Waals surface area contributed by atoms with Gasteiger partial charge in [-0.1, -0.05) is 45.0 Å². The van der Waals surface area contributed by atoms with E-state index in [1.807, 2.05) is 12.1 Å². The summed E-state index contributed by atoms with van der Waals surface area (Å²) in [6.45, 7) is 9.05. The van der Waals surface area contributed by atoms with Gasteiger partial charge in [0.2, 0.25) is 0 Å². The molecule has 2 aliphatic rings. The van der Waals surface area contributed by atoms with Crippen LogP contribution in [0.4, 0.5) is 4.79 Å². The molecule has 3 amide bonds. The Labute approximate surface area is 159 Å². The van der Waals surface area contributed by atoms with E-state index in [-0.39, 0.29) is 23.4 Å². The van der Waals surface area contributed by atoms with Crippen molar-refractivity contribution < 1.29 is 14.0 Å². The van der Waals surface area contributed by atoms with E-state index in [0.29, 0.717) is 19.6 Å². The largest absolute Gasteiger partial charge is 0.460 e. The van der Waals surface area contributed by atoms with Crippen molar-refractivity contribution in [1.29, 1.82) is 0 Å². The molecule has 0 spiro atoms. The van der Waals surface area contributed by atoms with Crippen LogP contribution in [0.5, 0.6) is 0 Å². The maximum atomic E-state index is 11.9. The van der Waals surface area contributed by atoms with Gasteiger partial charge in [-0.05, 0) is 23.1 Å². The molecule has 0 radical (unpaired) electrons. The number of carbonyl (C=O) groups is 2. The minimum absolute atomic E-state index is 0.128. The van der Waals surface area contributed by atoms with Crippen molar-refractivity contribution in [1.82, 2.24) is 15.1 Å². The highest BCUT2D eigenvalue weighted by Gasteiger charge is 2.41. The Balaban J connectivity index is 1.43. The van der Waals surface area contributed by atoms with Gasteiger partial charge in [0, 0.05) is 25.2 Å². The van der Waals surface area contributed by atoms with E-state index in [1.165, 1.54) is 5.56 Å². The SMILES string of the molecule is CC(C)(C)c1ccc(-c2ccc(CN3CCN4C(=O)NC(=O)C4C3)o2)cc1. The number of imide groups is 1. The first kappa shape index (κ1) is 17.8. The number of urea groups is 1. The van der Waals surface area contributed by atoms with Crippen LogP contribution >= 0.6 is 0 Å². The summed E-state index contributed by atoms with van der Waals surface area (Å²) in [6.07, 6.45) is 0. The zero-order valence-electron chi connectivity index (χ0n) is 16.0. The molecule has 142 valence electrons. The molecule has 0 bridgehead atoms. The average Bonchev–Trinajstić information content (AvgIpc) is 3.19. The monoisotopic (exact) mass is 367 g/mol. The predicted molar refractivity (Wildman–Crippen MR) is 102 cm³/mol. The second-order valence-corrected chi connectivity index (χ2v) is 8.33. The molecule has 1 atom stereocenters. The van der Waals surface area contributed by atoms with Crippen LogP contribution in [0.3, 0.4) is 0 Å². The summed E-state index contributed by atoms with van der Waals surface area (Å²) in [4.78, 5) is 27.3. The molecule has 1 aromatic heterocycles. The number of benzene rings is 1. The number of nitrogens with one attached hydrogen (secondary N) is 1. The number of piperazine rings is 1. The third-order valence-corrected chi connectivity index (χ3v) is 5.33. The second-order valence-electron chi connectivity index (χ2n) is 8.33. The average molecular weight is 367 g/mol. The van der Waals surface area contributed by atoms with Crippen molar-refractivity contribution in [3.05, 3.63) is 47.7 Å². The Hall–Kier alpha value is -2.60. The van der Waals surface area contributed by atoms with Crippen molar-refractivity contribution >= 4 is 11.9 Å². The number of hydrogen-bond donors (Lipinski definition) is 1. The van der Waals surface area contributed by atoms with Crippen molar-refractivity contribution in [3.63, 3.8) is 0 Å². The molecule has 6 heteroatoms. The molecule has 6 nitrogen and oxygen atoms in total. The van der Waals surface area contributed by atoms with Gasteiger partial charge in [-0.15, -0.1) is 0 Å². The van der Waals surface area contributed by atoms with Crippen LogP contribution in [-0.4, -0.2) is 47.4 Å². The molecule has 1 N–H and O–H groups in total. The Morgan fingerprint density at radius 3 is 2.52 bits per heavy atom. The third-order valence-electron chi connectivity index (χ3n) is 5.33. The lowest BCUT2D eigenvalue weighted by molar-refractivity contribution is -0.122. The van der Waals surface area contributed by atoms with Crippen LogP contribution in [-0.2, 0) is 16.8 Å². The molecule has 27 heavy (non-hydrogen) atoms. The van der Waals surface area contributed by atoms with Crippen molar-refractivity contribution in [2.75, 3.05) is 19.6 Å². The molecule has 2 fully saturated rings. The summed E-state index contributed by atoms with van der Waals surface area (Å²) in [7, 11) is 0. The molecular weight excluding hydrogens is 342 g/mol. The fraction of sp³-hybridized carbons (Fsp3) is 0.429. The lowest BCUT2D eigenvalue weighted by Crippen LogP contribution is -2.52. The van der Waals surface area contributed by atoms with E-state index in [2.05, 4.69) is 55.3 Å². The van der Waals surface area contributed by atoms with E-state index in [0.717, 1.165) is 23.6 Å². The molecule has 2 aliphatic heterocycles. The van der Waals surface area contributed by atoms with Crippen LogP contribution in [0.2, 0.25) is 0 Å². The Morgan fingerprint density at radius 1 is 1.07 bits per heavy atom. The van der Waals surface area contributed by atoms with Gasteiger partial charge in [0.1, 0.15) is 17.6 Å². The van der Waals surface area contributed by atoms with Crippen LogP contribution in [0.15, 0.2) is 40.8 Å². The molecule has 4 rings (SSSR count). The van der Waals surface area contributed by atoms with Crippen LogP contribution in [0.1, 0.15) is 32.1 Å². The van der Waals surface area contributed by atoms with Gasteiger partial charge in [0.25, 0.3) is 5.91 Å². The normalized spacial score (nSPS) is 20.7. The zero-order valence-corrected chi connectivity index (χ0v) is 16.0. The maximum Gasteiger partial charge on any atom is 0.324 e. The quantitative estimate of drug-likeness (QED) is 0.847. The first-order chi connectivity index (χ1) is 12.8. The van der Waals surface area contributed by atoms with E-state index in [4.69, 9.17) is 4.42 Å². The molecule has 2 aromatic rings. The highest BCUT2D eigenvalue weighted by atomic mass is 16.3. The maximum absolute atomic E-state index is 11.9. The fourth-order valence-electron chi connectivity index (χ4n) is 3.68. The number of hydrogen-bond acceptors (Lipinski definition) is 4. The summed E-state index contributed by atoms with van der Waals surface area (Å²) >= 11 is 0. The number of furan rings is 1. The highest BCUT2D eigenvalue weighted by molar-refractivity contribution is 6.04. The third kappa shape index (κ3) is 3.49. The molecular formula is C21H25N3O3. The molecule has 1 aromatic carbocycles. The van der Waals surface area contributed by atoms with Gasteiger partial charge in [-0.2, -0.15) is 0 Å². The van der Waals surface area contributed by atoms with Gasteiger partial charge in [-0.25, -0.2) is 4.79 Å². The Morgan fingerprint density at radius 2 is 1.81 bits per heavy atom. The molecule has 0 aliphatic carbocycles. The number of amides is 3. The van der Waals surface area contributed by atoms with Gasteiger partial charge >= 0.3 is 6.03 Å². The summed E-state index contributed by atoms with van der Waals surface area (Å²) in [5.74, 6) is 1.50. The summed E-state index contributed by atoms with van der Waals surface area (Å²) in [5.41, 5.74) is 2.48. The second kappa shape index (κ2) is 6.53. The first-order valence-electron chi connectivity index (χ1n) is 9.35. The van der Waals surface area contributed by atoms with Crippen molar-refractivity contribution in [3.8, 4) is 11.3 Å². The van der Waals surface area contributed by atoms with Gasteiger partial charge in [-0.3, -0.25) is 15.0 Å². The number of carbonyl (C=O) groups excluding carboxylic acids is 2. The van der Waals surface area contributed by atoms with Crippen LogP contribution in [0.25, 0.3) is 11.3 Å². The minimum atomic E-state index is -0.384. The zero-order chi connectivity index (χ0) is 19.2. The summed E-state index contributed by atoms with van der Waals surface area (Å²) < 4.78 is 6.03. The fourth-order valence-corrected chi connectivity index (χ4v) is 3.68. The molecule has 0 saturated carbocycles. The molecule has 2 saturated heterocycles. The predicted octanol–water partition coefficient (Wildman–Crippen LogP) is 2.98. The van der Waals surface area contributed by atoms with Crippen LogP contribution < -0.4 is 5.32 Å². The van der Waals surface area contributed by atoms with E-state index >= 15 is 0 Å². The summed E-state index contributed by atoms with van der Waals surface area (Å²) in [5, 5.41) is 2.38. The van der Waals surface area contributed by atoms with Crippen molar-refractivity contribution in [2.24, 2.45) is 0 Å². The smallest absolute Gasteiger partial charge is 0.324 e. The van der Waals surface area contributed by atoms with E-state index < -0.39 is 0 Å². The van der Waals surface area contributed by atoms with Gasteiger partial charge in [0.05, 0.1) is 6.54 Å².